The van der Waals surface area contributed by atoms with Crippen molar-refractivity contribution in [2.75, 3.05) is 26.3 Å². The van der Waals surface area contributed by atoms with Crippen LogP contribution in [0.25, 0.3) is 0 Å². The van der Waals surface area contributed by atoms with Gasteiger partial charge >= 0.3 is 5.97 Å². The quantitative estimate of drug-likeness (QED) is 0.153. The van der Waals surface area contributed by atoms with Gasteiger partial charge in [-0.15, -0.1) is 0 Å². The summed E-state index contributed by atoms with van der Waals surface area (Å²) < 4.78 is 0. The van der Waals surface area contributed by atoms with Gasteiger partial charge in [-0.05, 0) is 44.9 Å². The molecule has 3 N–H and O–H groups in total. The number of nitrogens with zero attached hydrogens (tertiary/aromatic N) is 1. The zero-order chi connectivity index (χ0) is 22.1. The summed E-state index contributed by atoms with van der Waals surface area (Å²) in [6.07, 6.45) is 27.2. The highest BCUT2D eigenvalue weighted by molar-refractivity contribution is 5.68. The number of hydrogen-bond acceptors (Lipinski definition) is 6. The van der Waals surface area contributed by atoms with E-state index in [0.717, 1.165) is 30.9 Å². The maximum Gasteiger partial charge on any atom is 0.326 e. The first-order valence-electron chi connectivity index (χ1n) is 11.3. The third-order valence-corrected chi connectivity index (χ3v) is 4.12. The van der Waals surface area contributed by atoms with E-state index in [1.54, 1.807) is 0 Å². The fraction of sp³-hybridized carbons (Fsp3) is 0.625. The van der Waals surface area contributed by atoms with E-state index in [9.17, 15) is 4.79 Å². The first kappa shape index (κ1) is 28.3. The van der Waals surface area contributed by atoms with Crippen LogP contribution >= 0.6 is 0 Å². The van der Waals surface area contributed by atoms with Crippen molar-refractivity contribution < 1.29 is 19.8 Å². The molecule has 0 aromatic carbocycles. The van der Waals surface area contributed by atoms with Crippen LogP contribution in [0.5, 0.6) is 0 Å². The van der Waals surface area contributed by atoms with Crippen molar-refractivity contribution in [2.24, 2.45) is 0 Å². The molecule has 172 valence electrons. The topological polar surface area (TPSA) is 82.0 Å². The molecule has 0 aromatic heterocycles. The Morgan fingerprint density at radius 3 is 1.93 bits per heavy atom. The lowest BCUT2D eigenvalue weighted by molar-refractivity contribution is -0.209. The van der Waals surface area contributed by atoms with Gasteiger partial charge in [0.2, 0.25) is 0 Å². The number of hydroxylamine groups is 1. The standard InChI is InChI=1S/C24H42N2O4/c1-2-3-4-5-6-7-8-9-10-11-12-13-14-15-16-17-18-19-24(29)30-26(21-23-28)25-20-22-27/h6-7,9-10,12-13,15-16,25,27-28H,2-5,8,11,14,17-23H2,1H3. The third kappa shape index (κ3) is 21.0. The molecule has 0 aromatic rings. The van der Waals surface area contributed by atoms with Gasteiger partial charge in [-0.25, -0.2) is 5.43 Å². The SMILES string of the molecule is CCCCCC=CCC=CCC=CCC=CCCCC(=O)ON(CCO)NCCO. The summed E-state index contributed by atoms with van der Waals surface area (Å²) in [5.74, 6) is -0.357. The highest BCUT2D eigenvalue weighted by Gasteiger charge is 2.10. The number of aliphatic hydroxyl groups is 2. The Morgan fingerprint density at radius 2 is 1.40 bits per heavy atom. The van der Waals surface area contributed by atoms with Crippen LogP contribution in [0.2, 0.25) is 0 Å². The molecule has 0 rings (SSSR count). The van der Waals surface area contributed by atoms with Gasteiger partial charge in [0.15, 0.2) is 0 Å². The molecule has 0 amide bonds. The zero-order valence-electron chi connectivity index (χ0n) is 18.7. The predicted molar refractivity (Wildman–Crippen MR) is 123 cm³/mol. The van der Waals surface area contributed by atoms with E-state index < -0.39 is 0 Å². The van der Waals surface area contributed by atoms with E-state index in [-0.39, 0.29) is 32.3 Å². The number of hydrazine groups is 1. The predicted octanol–water partition coefficient (Wildman–Crippen LogP) is 4.38. The smallest absolute Gasteiger partial charge is 0.326 e. The van der Waals surface area contributed by atoms with Gasteiger partial charge in [-0.1, -0.05) is 73.5 Å². The molecule has 0 aliphatic carbocycles. The van der Waals surface area contributed by atoms with Crippen molar-refractivity contribution in [3.8, 4) is 0 Å². The molecule has 0 bridgehead atoms. The number of carbonyl (C=O) groups is 1. The Kier molecular flexibility index (Phi) is 22.2. The Bertz CT molecular complexity index is 501. The lowest BCUT2D eigenvalue weighted by Gasteiger charge is -2.20. The van der Waals surface area contributed by atoms with Crippen LogP contribution in [0.4, 0.5) is 0 Å². The molecular weight excluding hydrogens is 380 g/mol. The second-order valence-corrected chi connectivity index (χ2v) is 6.90. The Balaban J connectivity index is 3.67. The number of carbonyl (C=O) groups excluding carboxylic acids is 1. The molecule has 6 heteroatoms. The van der Waals surface area contributed by atoms with Crippen molar-refractivity contribution >= 4 is 5.97 Å². The Morgan fingerprint density at radius 1 is 0.833 bits per heavy atom. The van der Waals surface area contributed by atoms with Gasteiger partial charge in [0, 0.05) is 13.0 Å². The zero-order valence-corrected chi connectivity index (χ0v) is 18.7. The lowest BCUT2D eigenvalue weighted by Crippen LogP contribution is -2.42. The molecule has 0 saturated heterocycles. The van der Waals surface area contributed by atoms with Crippen molar-refractivity contribution in [1.29, 1.82) is 0 Å². The molecule has 30 heavy (non-hydrogen) atoms. The maximum atomic E-state index is 11.8. The minimum Gasteiger partial charge on any atom is -0.395 e. The van der Waals surface area contributed by atoms with Crippen LogP contribution < -0.4 is 5.43 Å². The molecule has 0 radical (unpaired) electrons. The van der Waals surface area contributed by atoms with Gasteiger partial charge in [0.1, 0.15) is 0 Å². The van der Waals surface area contributed by atoms with E-state index in [0.29, 0.717) is 12.8 Å². The van der Waals surface area contributed by atoms with Gasteiger partial charge < -0.3 is 15.1 Å². The van der Waals surface area contributed by atoms with Crippen LogP contribution in [0.15, 0.2) is 48.6 Å². The van der Waals surface area contributed by atoms with Crippen molar-refractivity contribution in [2.45, 2.75) is 71.1 Å². The molecule has 6 nitrogen and oxygen atoms in total. The molecule has 0 aliphatic rings. The Hall–Kier alpha value is -1.73. The van der Waals surface area contributed by atoms with Crippen LogP contribution in [-0.4, -0.2) is 47.7 Å². The second-order valence-electron chi connectivity index (χ2n) is 6.90. The first-order valence-corrected chi connectivity index (χ1v) is 11.3. The van der Waals surface area contributed by atoms with Gasteiger partial charge in [0.05, 0.1) is 19.8 Å². The molecule has 0 atom stereocenters. The van der Waals surface area contributed by atoms with Crippen molar-refractivity contribution in [3.05, 3.63) is 48.6 Å². The number of rotatable bonds is 20. The molecular formula is C24H42N2O4. The number of hydrogen-bond donors (Lipinski definition) is 3. The fourth-order valence-electron chi connectivity index (χ4n) is 2.52. The van der Waals surface area contributed by atoms with Crippen LogP contribution in [0.1, 0.15) is 71.1 Å². The largest absolute Gasteiger partial charge is 0.395 e. The molecule has 0 spiro atoms. The lowest BCUT2D eigenvalue weighted by atomic mass is 10.2. The summed E-state index contributed by atoms with van der Waals surface area (Å²) in [6, 6.07) is 0. The van der Waals surface area contributed by atoms with Crippen LogP contribution in [-0.2, 0) is 9.63 Å². The summed E-state index contributed by atoms with van der Waals surface area (Å²) in [4.78, 5) is 16.8. The molecule has 0 unspecified atom stereocenters. The van der Waals surface area contributed by atoms with Crippen molar-refractivity contribution in [1.82, 2.24) is 10.6 Å². The highest BCUT2D eigenvalue weighted by atomic mass is 16.7. The average Bonchev–Trinajstić information content (AvgIpc) is 2.74. The maximum absolute atomic E-state index is 11.8. The number of aliphatic hydroxyl groups excluding tert-OH is 2. The van der Waals surface area contributed by atoms with E-state index in [1.165, 1.54) is 25.7 Å². The van der Waals surface area contributed by atoms with Crippen LogP contribution in [0, 0.1) is 0 Å². The summed E-state index contributed by atoms with van der Waals surface area (Å²) in [5.41, 5.74) is 2.71. The van der Waals surface area contributed by atoms with E-state index in [2.05, 4.69) is 61.0 Å². The normalized spacial score (nSPS) is 12.4. The van der Waals surface area contributed by atoms with Crippen LogP contribution in [0.3, 0.4) is 0 Å². The van der Waals surface area contributed by atoms with Gasteiger partial charge in [-0.2, -0.15) is 0 Å². The monoisotopic (exact) mass is 422 g/mol. The third-order valence-electron chi connectivity index (χ3n) is 4.12. The van der Waals surface area contributed by atoms with E-state index in [4.69, 9.17) is 15.1 Å². The Labute approximate surface area is 182 Å². The first-order chi connectivity index (χ1) is 14.7. The van der Waals surface area contributed by atoms with Crippen molar-refractivity contribution in [3.63, 3.8) is 0 Å². The summed E-state index contributed by atoms with van der Waals surface area (Å²) in [6.45, 7) is 2.42. The number of allylic oxidation sites excluding steroid dienone is 8. The minimum atomic E-state index is -0.357. The second kappa shape index (κ2) is 23.5. The minimum absolute atomic E-state index is 0.0778. The molecule has 0 saturated carbocycles. The molecule has 0 aliphatic heterocycles. The number of unbranched alkanes of at least 4 members (excludes halogenated alkanes) is 4. The number of nitrogens with one attached hydrogen (secondary N) is 1. The summed E-state index contributed by atoms with van der Waals surface area (Å²) in [5, 5.41) is 18.9. The van der Waals surface area contributed by atoms with Gasteiger partial charge in [-0.3, -0.25) is 4.79 Å². The molecule has 0 heterocycles. The van der Waals surface area contributed by atoms with E-state index >= 15 is 0 Å². The highest BCUT2D eigenvalue weighted by Crippen LogP contribution is 2.02. The molecule has 0 fully saturated rings. The van der Waals surface area contributed by atoms with E-state index in [1.807, 2.05) is 0 Å². The summed E-state index contributed by atoms with van der Waals surface area (Å²) >= 11 is 0. The fourth-order valence-corrected chi connectivity index (χ4v) is 2.52. The van der Waals surface area contributed by atoms with Gasteiger partial charge in [0.25, 0.3) is 0 Å². The average molecular weight is 423 g/mol. The summed E-state index contributed by atoms with van der Waals surface area (Å²) in [7, 11) is 0.